The number of ether oxygens (including phenoxy) is 2. The highest BCUT2D eigenvalue weighted by Crippen LogP contribution is 2.38. The van der Waals surface area contributed by atoms with Gasteiger partial charge in [-0.1, -0.05) is 262 Å². The van der Waals surface area contributed by atoms with E-state index >= 15 is 0 Å². The molecule has 0 heterocycles. The number of nitrogens with zero attached hydrogens (tertiary/aromatic N) is 1. The highest BCUT2D eigenvalue weighted by Gasteiger charge is 2.22. The topological polar surface area (TPSA) is 111 Å². The summed E-state index contributed by atoms with van der Waals surface area (Å²) < 4.78 is 34.2. The van der Waals surface area contributed by atoms with Crippen LogP contribution >= 0.6 is 7.82 Å². The maximum absolute atomic E-state index is 12.8. The van der Waals surface area contributed by atoms with Gasteiger partial charge in [-0.15, -0.1) is 0 Å². The number of carbonyl (C=O) groups is 2. The molecule has 9 nitrogen and oxygen atoms in total. The summed E-state index contributed by atoms with van der Waals surface area (Å²) in [6, 6.07) is 0. The molecule has 0 N–H and O–H groups in total. The zero-order chi connectivity index (χ0) is 54.2. The third-order valence-corrected chi connectivity index (χ3v) is 14.8. The number of quaternary nitrogens is 1. The maximum Gasteiger partial charge on any atom is 0.306 e. The quantitative estimate of drug-likeness (QED) is 0.0195. The number of phosphoric ester groups is 1. The molecule has 0 rings (SSSR count). The molecule has 0 fully saturated rings. The van der Waals surface area contributed by atoms with Gasteiger partial charge in [-0.25, -0.2) is 0 Å². The van der Waals surface area contributed by atoms with Crippen molar-refractivity contribution in [3.8, 4) is 0 Å². The number of hydrogen-bond acceptors (Lipinski definition) is 8. The van der Waals surface area contributed by atoms with Gasteiger partial charge in [0.2, 0.25) is 0 Å². The molecule has 2 atom stereocenters. The van der Waals surface area contributed by atoms with Crippen LogP contribution < -0.4 is 4.89 Å². The number of likely N-dealkylation sites (N-methyl/N-ethyl adjacent to an activating group) is 1. The van der Waals surface area contributed by atoms with Crippen molar-refractivity contribution in [3.63, 3.8) is 0 Å². The molecule has 0 spiro atoms. The van der Waals surface area contributed by atoms with Gasteiger partial charge in [0.15, 0.2) is 6.10 Å². The van der Waals surface area contributed by atoms with E-state index in [2.05, 4.69) is 62.5 Å². The molecular formula is C64H120NO8P. The van der Waals surface area contributed by atoms with Crippen LogP contribution in [0.1, 0.15) is 296 Å². The van der Waals surface area contributed by atoms with Crippen LogP contribution in [0, 0.1) is 0 Å². The van der Waals surface area contributed by atoms with E-state index in [9.17, 15) is 19.0 Å². The molecule has 0 saturated heterocycles. The number of esters is 2. The third kappa shape index (κ3) is 59.2. The average molecular weight is 1060 g/mol. The third-order valence-electron chi connectivity index (χ3n) is 13.8. The maximum atomic E-state index is 12.8. The van der Waals surface area contributed by atoms with Gasteiger partial charge in [-0.05, 0) is 70.6 Å². The van der Waals surface area contributed by atoms with Crippen molar-refractivity contribution in [2.24, 2.45) is 0 Å². The first-order chi connectivity index (χ1) is 36.0. The standard InChI is InChI=1S/C64H120NO8P/c1-6-8-10-12-14-16-18-20-22-24-25-26-27-28-29-30-31-32-33-34-35-36-37-38-39-41-42-44-46-48-50-52-54-56-63(66)70-60-62(61-72-74(68,69)71-59-58-65(3,4)5)73-64(67)57-55-53-51-49-47-45-43-40-23-21-19-17-15-13-11-9-7-2/h9,11,15,17,21,23-25,62H,6-8,10,12-14,16,18-20,22,26-61H2,1-5H3/b11-9-,17-15-,23-21-,25-24-. The molecule has 0 amide bonds. The van der Waals surface area contributed by atoms with Crippen LogP contribution in [0.15, 0.2) is 48.6 Å². The number of allylic oxidation sites excluding steroid dienone is 8. The molecule has 0 bridgehead atoms. The van der Waals surface area contributed by atoms with Gasteiger partial charge in [-0.2, -0.15) is 0 Å². The predicted octanol–water partition coefficient (Wildman–Crippen LogP) is 19.1. The fraction of sp³-hybridized carbons (Fsp3) is 0.844. The van der Waals surface area contributed by atoms with E-state index in [0.717, 1.165) is 64.2 Å². The van der Waals surface area contributed by atoms with E-state index in [1.807, 2.05) is 21.1 Å². The minimum absolute atomic E-state index is 0.0327. The lowest BCUT2D eigenvalue weighted by molar-refractivity contribution is -0.870. The van der Waals surface area contributed by atoms with E-state index < -0.39 is 26.5 Å². The van der Waals surface area contributed by atoms with E-state index in [1.54, 1.807) is 0 Å². The summed E-state index contributed by atoms with van der Waals surface area (Å²) >= 11 is 0. The Morgan fingerprint density at radius 1 is 0.432 bits per heavy atom. The Bertz CT molecular complexity index is 1390. The fourth-order valence-electron chi connectivity index (χ4n) is 9.02. The Morgan fingerprint density at radius 3 is 1.16 bits per heavy atom. The molecule has 0 saturated carbocycles. The van der Waals surface area contributed by atoms with Crippen LogP contribution in [-0.2, 0) is 32.7 Å². The lowest BCUT2D eigenvalue weighted by Gasteiger charge is -2.28. The Morgan fingerprint density at radius 2 is 0.770 bits per heavy atom. The van der Waals surface area contributed by atoms with Crippen molar-refractivity contribution >= 4 is 19.8 Å². The van der Waals surface area contributed by atoms with E-state index in [-0.39, 0.29) is 32.0 Å². The van der Waals surface area contributed by atoms with Crippen LogP contribution in [0.3, 0.4) is 0 Å². The molecule has 2 unspecified atom stereocenters. The molecule has 0 aliphatic carbocycles. The van der Waals surface area contributed by atoms with Crippen molar-refractivity contribution in [1.29, 1.82) is 0 Å². The molecule has 10 heteroatoms. The molecule has 0 aromatic rings. The Balaban J connectivity index is 3.98. The van der Waals surface area contributed by atoms with Crippen molar-refractivity contribution in [2.75, 3.05) is 47.5 Å². The molecule has 0 aliphatic heterocycles. The van der Waals surface area contributed by atoms with Crippen LogP contribution in [0.4, 0.5) is 0 Å². The first-order valence-electron chi connectivity index (χ1n) is 31.3. The SMILES string of the molecule is CC/C=C\C/C=C\C/C=C\CCCCCCCCCC(=O)OC(COC(=O)CCCCCCCCCCCCCCCCCCCCCCC/C=C\CCCCCCCCCC)COP(=O)([O-])OCC[N+](C)(C)C. The van der Waals surface area contributed by atoms with Crippen molar-refractivity contribution in [1.82, 2.24) is 0 Å². The van der Waals surface area contributed by atoms with Crippen molar-refractivity contribution < 1.29 is 42.1 Å². The molecule has 0 aromatic carbocycles. The van der Waals surface area contributed by atoms with E-state index in [4.69, 9.17) is 18.5 Å². The largest absolute Gasteiger partial charge is 0.756 e. The van der Waals surface area contributed by atoms with Crippen molar-refractivity contribution in [3.05, 3.63) is 48.6 Å². The number of unbranched alkanes of at least 4 members (excludes halogenated alkanes) is 36. The normalized spacial score (nSPS) is 13.5. The molecule has 74 heavy (non-hydrogen) atoms. The summed E-state index contributed by atoms with van der Waals surface area (Å²) in [6.45, 7) is 4.15. The Kier molecular flexibility index (Phi) is 54.2. The highest BCUT2D eigenvalue weighted by molar-refractivity contribution is 7.45. The first kappa shape index (κ1) is 72.0. The molecule has 434 valence electrons. The number of rotatable bonds is 58. The summed E-state index contributed by atoms with van der Waals surface area (Å²) in [5.41, 5.74) is 0. The Labute approximate surface area is 458 Å². The van der Waals surface area contributed by atoms with Gasteiger partial charge in [0.1, 0.15) is 19.8 Å². The molecule has 0 aromatic heterocycles. The second-order valence-electron chi connectivity index (χ2n) is 22.4. The van der Waals surface area contributed by atoms with Gasteiger partial charge in [0, 0.05) is 12.8 Å². The van der Waals surface area contributed by atoms with Gasteiger partial charge < -0.3 is 27.9 Å². The number of carbonyl (C=O) groups excluding carboxylic acids is 2. The lowest BCUT2D eigenvalue weighted by Crippen LogP contribution is -2.37. The van der Waals surface area contributed by atoms with Crippen molar-refractivity contribution in [2.45, 2.75) is 302 Å². The van der Waals surface area contributed by atoms with Crippen LogP contribution in [-0.4, -0.2) is 70.0 Å². The molecule has 0 aliphatic rings. The van der Waals surface area contributed by atoms with Gasteiger partial charge in [0.25, 0.3) is 7.82 Å². The van der Waals surface area contributed by atoms with Gasteiger partial charge in [0.05, 0.1) is 27.7 Å². The summed E-state index contributed by atoms with van der Waals surface area (Å²) in [4.78, 5) is 37.9. The summed E-state index contributed by atoms with van der Waals surface area (Å²) in [6.07, 6.45) is 70.4. The molecule has 0 radical (unpaired) electrons. The average Bonchev–Trinajstić information content (AvgIpc) is 3.36. The summed E-state index contributed by atoms with van der Waals surface area (Å²) in [7, 11) is 1.17. The van der Waals surface area contributed by atoms with Crippen LogP contribution in [0.5, 0.6) is 0 Å². The number of hydrogen-bond donors (Lipinski definition) is 0. The second kappa shape index (κ2) is 55.7. The second-order valence-corrected chi connectivity index (χ2v) is 23.8. The molecular weight excluding hydrogens is 942 g/mol. The minimum Gasteiger partial charge on any atom is -0.756 e. The Hall–Kier alpha value is -2.03. The van der Waals surface area contributed by atoms with E-state index in [0.29, 0.717) is 17.4 Å². The summed E-state index contributed by atoms with van der Waals surface area (Å²) in [5, 5.41) is 0. The minimum atomic E-state index is -4.64. The van der Waals surface area contributed by atoms with E-state index in [1.165, 1.54) is 199 Å². The van der Waals surface area contributed by atoms with Crippen LogP contribution in [0.2, 0.25) is 0 Å². The summed E-state index contributed by atoms with van der Waals surface area (Å²) in [5.74, 6) is -0.834. The van der Waals surface area contributed by atoms with Gasteiger partial charge in [-0.3, -0.25) is 14.2 Å². The zero-order valence-corrected chi connectivity index (χ0v) is 50.2. The highest BCUT2D eigenvalue weighted by atomic mass is 31.2. The monoisotopic (exact) mass is 1060 g/mol. The zero-order valence-electron chi connectivity index (χ0n) is 49.3. The lowest BCUT2D eigenvalue weighted by atomic mass is 10.0. The first-order valence-corrected chi connectivity index (χ1v) is 32.8. The van der Waals surface area contributed by atoms with Crippen LogP contribution in [0.25, 0.3) is 0 Å². The fourth-order valence-corrected chi connectivity index (χ4v) is 9.75. The predicted molar refractivity (Wildman–Crippen MR) is 314 cm³/mol. The van der Waals surface area contributed by atoms with Gasteiger partial charge >= 0.3 is 11.9 Å². The smallest absolute Gasteiger partial charge is 0.306 e. The number of phosphoric acid groups is 1.